The molecule has 1 aromatic heterocycles. The Bertz CT molecular complexity index is 321. The van der Waals surface area contributed by atoms with Crippen LogP contribution in [0.4, 0.5) is 0 Å². The summed E-state index contributed by atoms with van der Waals surface area (Å²) in [6.07, 6.45) is 6.11. The van der Waals surface area contributed by atoms with Gasteiger partial charge in [-0.05, 0) is 33.1 Å². The highest BCUT2D eigenvalue weighted by atomic mass is 32.1. The summed E-state index contributed by atoms with van der Waals surface area (Å²) >= 11 is 1.80. The lowest BCUT2D eigenvalue weighted by atomic mass is 9.83. The molecule has 3 heteroatoms. The second-order valence-corrected chi connectivity index (χ2v) is 6.23. The van der Waals surface area contributed by atoms with E-state index < -0.39 is 0 Å². The van der Waals surface area contributed by atoms with Gasteiger partial charge in [0.2, 0.25) is 0 Å². The maximum absolute atomic E-state index is 5.96. The van der Waals surface area contributed by atoms with Gasteiger partial charge in [-0.15, -0.1) is 11.3 Å². The third-order valence-electron chi connectivity index (χ3n) is 3.08. The largest absolute Gasteiger partial charge is 0.326 e. The molecule has 1 saturated carbocycles. The molecule has 1 aliphatic carbocycles. The Balaban J connectivity index is 1.89. The summed E-state index contributed by atoms with van der Waals surface area (Å²) in [4.78, 5) is 4.70. The number of thiazole rings is 1. The normalized spacial score (nSPS) is 17.8. The number of hydrogen-bond acceptors (Lipinski definition) is 3. The fourth-order valence-electron chi connectivity index (χ4n) is 1.76. The zero-order chi connectivity index (χ0) is 10.9. The molecule has 1 fully saturated rings. The Morgan fingerprint density at radius 2 is 2.27 bits per heavy atom. The van der Waals surface area contributed by atoms with Gasteiger partial charge < -0.3 is 5.73 Å². The Morgan fingerprint density at radius 1 is 1.53 bits per heavy atom. The monoisotopic (exact) mass is 224 g/mol. The molecule has 84 valence electrons. The van der Waals surface area contributed by atoms with Crippen molar-refractivity contribution in [2.24, 2.45) is 5.73 Å². The van der Waals surface area contributed by atoms with E-state index in [-0.39, 0.29) is 5.54 Å². The first kappa shape index (κ1) is 11.1. The lowest BCUT2D eigenvalue weighted by Gasteiger charge is -2.23. The molecular formula is C12H20N2S. The molecule has 2 N–H and O–H groups in total. The molecule has 0 unspecified atom stereocenters. The van der Waals surface area contributed by atoms with Crippen LogP contribution in [0.15, 0.2) is 5.38 Å². The minimum absolute atomic E-state index is 0.0672. The standard InChI is InChI=1S/C12H20N2S/c1-12(2,13)7-6-11-14-10(8-15-11)9-4-3-5-9/h8-9H,3-7,13H2,1-2H3. The molecule has 0 spiro atoms. The molecule has 1 aromatic rings. The maximum Gasteiger partial charge on any atom is 0.0929 e. The molecule has 1 heterocycles. The first-order valence-corrected chi connectivity index (χ1v) is 6.66. The van der Waals surface area contributed by atoms with Gasteiger partial charge in [-0.3, -0.25) is 0 Å². The SMILES string of the molecule is CC(C)(N)CCc1nc(C2CCC2)cs1. The lowest BCUT2D eigenvalue weighted by Crippen LogP contribution is -2.32. The van der Waals surface area contributed by atoms with Crippen molar-refractivity contribution in [1.29, 1.82) is 0 Å². The first-order valence-electron chi connectivity index (χ1n) is 5.78. The number of aromatic nitrogens is 1. The van der Waals surface area contributed by atoms with Gasteiger partial charge in [-0.25, -0.2) is 4.98 Å². The van der Waals surface area contributed by atoms with Crippen LogP contribution in [0.5, 0.6) is 0 Å². The van der Waals surface area contributed by atoms with Crippen LogP contribution in [0.2, 0.25) is 0 Å². The van der Waals surface area contributed by atoms with Gasteiger partial charge >= 0.3 is 0 Å². The minimum Gasteiger partial charge on any atom is -0.326 e. The Labute approximate surface area is 95.9 Å². The van der Waals surface area contributed by atoms with Gasteiger partial charge in [0, 0.05) is 23.3 Å². The fraction of sp³-hybridized carbons (Fsp3) is 0.750. The smallest absolute Gasteiger partial charge is 0.0929 e. The highest BCUT2D eigenvalue weighted by Gasteiger charge is 2.22. The van der Waals surface area contributed by atoms with Crippen molar-refractivity contribution in [3.8, 4) is 0 Å². The summed E-state index contributed by atoms with van der Waals surface area (Å²) < 4.78 is 0. The van der Waals surface area contributed by atoms with E-state index in [1.807, 2.05) is 0 Å². The van der Waals surface area contributed by atoms with E-state index in [0.717, 1.165) is 18.8 Å². The predicted molar refractivity (Wildman–Crippen MR) is 65.3 cm³/mol. The van der Waals surface area contributed by atoms with E-state index in [0.29, 0.717) is 0 Å². The summed E-state index contributed by atoms with van der Waals surface area (Å²) in [5.74, 6) is 0.765. The van der Waals surface area contributed by atoms with Crippen LogP contribution in [-0.4, -0.2) is 10.5 Å². The molecular weight excluding hydrogens is 204 g/mol. The van der Waals surface area contributed by atoms with Crippen LogP contribution in [0.25, 0.3) is 0 Å². The van der Waals surface area contributed by atoms with E-state index in [1.165, 1.54) is 30.0 Å². The summed E-state index contributed by atoms with van der Waals surface area (Å²) in [6.45, 7) is 4.15. The van der Waals surface area contributed by atoms with E-state index in [9.17, 15) is 0 Å². The Hall–Kier alpha value is -0.410. The third-order valence-corrected chi connectivity index (χ3v) is 4.00. The van der Waals surface area contributed by atoms with Gasteiger partial charge in [-0.2, -0.15) is 0 Å². The van der Waals surface area contributed by atoms with Crippen LogP contribution in [0.1, 0.15) is 56.2 Å². The second-order valence-electron chi connectivity index (χ2n) is 5.28. The molecule has 0 bridgehead atoms. The number of aryl methyl sites for hydroxylation is 1. The Kier molecular flexibility index (Phi) is 3.12. The predicted octanol–water partition coefficient (Wildman–Crippen LogP) is 3.08. The van der Waals surface area contributed by atoms with Gasteiger partial charge in [0.1, 0.15) is 0 Å². The van der Waals surface area contributed by atoms with Crippen molar-refractivity contribution >= 4 is 11.3 Å². The second kappa shape index (κ2) is 4.22. The summed E-state index contributed by atoms with van der Waals surface area (Å²) in [6, 6.07) is 0. The molecule has 0 aliphatic heterocycles. The van der Waals surface area contributed by atoms with Crippen molar-refractivity contribution in [3.63, 3.8) is 0 Å². The highest BCUT2D eigenvalue weighted by molar-refractivity contribution is 7.09. The fourth-order valence-corrected chi connectivity index (χ4v) is 2.64. The van der Waals surface area contributed by atoms with Crippen LogP contribution in [0, 0.1) is 0 Å². The van der Waals surface area contributed by atoms with Gasteiger partial charge in [0.15, 0.2) is 0 Å². The Morgan fingerprint density at radius 3 is 2.80 bits per heavy atom. The van der Waals surface area contributed by atoms with Crippen LogP contribution < -0.4 is 5.73 Å². The zero-order valence-electron chi connectivity index (χ0n) is 9.62. The first-order chi connectivity index (χ1) is 7.04. The lowest BCUT2D eigenvalue weighted by molar-refractivity contribution is 0.411. The molecule has 2 nitrogen and oxygen atoms in total. The molecule has 15 heavy (non-hydrogen) atoms. The summed E-state index contributed by atoms with van der Waals surface area (Å²) in [7, 11) is 0. The van der Waals surface area contributed by atoms with E-state index in [4.69, 9.17) is 10.7 Å². The van der Waals surface area contributed by atoms with Crippen LogP contribution in [0.3, 0.4) is 0 Å². The van der Waals surface area contributed by atoms with Gasteiger partial charge in [0.25, 0.3) is 0 Å². The third kappa shape index (κ3) is 3.02. The molecule has 0 radical (unpaired) electrons. The van der Waals surface area contributed by atoms with Crippen LogP contribution >= 0.6 is 11.3 Å². The van der Waals surface area contributed by atoms with Crippen molar-refractivity contribution in [2.45, 2.75) is 57.4 Å². The molecule has 0 amide bonds. The minimum atomic E-state index is -0.0672. The molecule has 1 aliphatic rings. The van der Waals surface area contributed by atoms with Gasteiger partial charge in [0.05, 0.1) is 10.7 Å². The molecule has 2 rings (SSSR count). The zero-order valence-corrected chi connectivity index (χ0v) is 10.4. The van der Waals surface area contributed by atoms with Gasteiger partial charge in [-0.1, -0.05) is 6.42 Å². The van der Waals surface area contributed by atoms with E-state index >= 15 is 0 Å². The number of hydrogen-bond donors (Lipinski definition) is 1. The van der Waals surface area contributed by atoms with Crippen molar-refractivity contribution in [3.05, 3.63) is 16.1 Å². The molecule has 0 saturated heterocycles. The summed E-state index contributed by atoms with van der Waals surface area (Å²) in [5.41, 5.74) is 7.23. The quantitative estimate of drug-likeness (QED) is 0.853. The van der Waals surface area contributed by atoms with E-state index in [2.05, 4.69) is 19.2 Å². The molecule has 0 aromatic carbocycles. The maximum atomic E-state index is 5.96. The summed E-state index contributed by atoms with van der Waals surface area (Å²) in [5, 5.41) is 3.50. The molecule has 0 atom stereocenters. The van der Waals surface area contributed by atoms with Crippen molar-refractivity contribution in [1.82, 2.24) is 4.98 Å². The van der Waals surface area contributed by atoms with Crippen LogP contribution in [-0.2, 0) is 6.42 Å². The number of nitrogens with two attached hydrogens (primary N) is 1. The van der Waals surface area contributed by atoms with Crippen molar-refractivity contribution in [2.75, 3.05) is 0 Å². The topological polar surface area (TPSA) is 38.9 Å². The average Bonchev–Trinajstić information content (AvgIpc) is 2.45. The van der Waals surface area contributed by atoms with Crippen molar-refractivity contribution < 1.29 is 0 Å². The number of nitrogens with zero attached hydrogens (tertiary/aromatic N) is 1. The van der Waals surface area contributed by atoms with E-state index in [1.54, 1.807) is 11.3 Å². The average molecular weight is 224 g/mol. The highest BCUT2D eigenvalue weighted by Crippen LogP contribution is 2.36. The number of rotatable bonds is 4.